The Labute approximate surface area is 264 Å². The molecule has 0 saturated heterocycles. The largest absolute Gasteiger partial charge is 0.306 e. The lowest BCUT2D eigenvalue weighted by molar-refractivity contribution is 0.0926. The highest BCUT2D eigenvalue weighted by molar-refractivity contribution is 6.36. The van der Waals surface area contributed by atoms with E-state index >= 15 is 0 Å². The third-order valence-electron chi connectivity index (χ3n) is 8.61. The highest BCUT2D eigenvalue weighted by Gasteiger charge is 2.40. The van der Waals surface area contributed by atoms with Crippen molar-refractivity contribution in [3.8, 4) is 40.1 Å². The molecule has 8 rings (SSSR count). The van der Waals surface area contributed by atoms with Crippen molar-refractivity contribution in [3.05, 3.63) is 156 Å². The zero-order valence-corrected chi connectivity index (χ0v) is 24.3. The van der Waals surface area contributed by atoms with E-state index in [1.807, 2.05) is 91.0 Å². The standard InChI is InChI=1S/C40H22N4O2/c41-23-28-14-7-16-30-31-17-8-15-29(24-42)38(31)43(37(28)30)35-19-9-18-32-36(35)40(46)44(39(32)45)34-21-20-27(25-10-3-1-4-11-25)22-33(34)26-12-5-2-6-13-26/h1-22H. The van der Waals surface area contributed by atoms with Crippen molar-refractivity contribution in [3.63, 3.8) is 0 Å². The number of hydrogen-bond acceptors (Lipinski definition) is 4. The van der Waals surface area contributed by atoms with Gasteiger partial charge in [-0.05, 0) is 53.1 Å². The van der Waals surface area contributed by atoms with Gasteiger partial charge in [-0.15, -0.1) is 0 Å². The number of rotatable bonds is 4. The Morgan fingerprint density at radius 2 is 1.07 bits per heavy atom. The molecule has 0 bridgehead atoms. The zero-order chi connectivity index (χ0) is 31.4. The number of aromatic nitrogens is 1. The Balaban J connectivity index is 1.38. The predicted molar refractivity (Wildman–Crippen MR) is 179 cm³/mol. The molecule has 0 spiro atoms. The molecule has 1 aliphatic rings. The van der Waals surface area contributed by atoms with Crippen LogP contribution >= 0.6 is 0 Å². The highest BCUT2D eigenvalue weighted by atomic mass is 16.2. The molecule has 2 amide bonds. The van der Waals surface area contributed by atoms with Gasteiger partial charge >= 0.3 is 0 Å². The molecule has 1 aromatic heterocycles. The second kappa shape index (κ2) is 10.4. The Morgan fingerprint density at radius 1 is 0.478 bits per heavy atom. The maximum absolute atomic E-state index is 14.6. The molecular formula is C40H22N4O2. The molecule has 214 valence electrons. The van der Waals surface area contributed by atoms with E-state index < -0.39 is 11.8 Å². The number of carbonyl (C=O) groups excluding carboxylic acids is 2. The monoisotopic (exact) mass is 590 g/mol. The molecule has 0 N–H and O–H groups in total. The SMILES string of the molecule is N#Cc1cccc2c3cccc(C#N)c3n(-c3cccc4c3C(=O)N(c3ccc(-c5ccccc5)cc3-c3ccccc3)C4=O)c12. The zero-order valence-electron chi connectivity index (χ0n) is 24.3. The fourth-order valence-electron chi connectivity index (χ4n) is 6.60. The fraction of sp³-hybridized carbons (Fsp3) is 0. The Hall–Kier alpha value is -6.76. The number of amides is 2. The van der Waals surface area contributed by atoms with E-state index in [1.165, 1.54) is 4.90 Å². The molecule has 6 aromatic carbocycles. The molecule has 0 fully saturated rings. The first-order valence-electron chi connectivity index (χ1n) is 14.7. The molecular weight excluding hydrogens is 568 g/mol. The van der Waals surface area contributed by atoms with Gasteiger partial charge in [0.2, 0.25) is 0 Å². The van der Waals surface area contributed by atoms with Crippen molar-refractivity contribution < 1.29 is 9.59 Å². The number of imide groups is 1. The minimum absolute atomic E-state index is 0.220. The minimum Gasteiger partial charge on any atom is -0.306 e. The van der Waals surface area contributed by atoms with Crippen LogP contribution in [-0.2, 0) is 0 Å². The number of fused-ring (bicyclic) bond motifs is 4. The smallest absolute Gasteiger partial charge is 0.268 e. The Morgan fingerprint density at radius 3 is 1.67 bits per heavy atom. The topological polar surface area (TPSA) is 89.9 Å². The molecule has 0 atom stereocenters. The van der Waals surface area contributed by atoms with Crippen molar-refractivity contribution in [1.82, 2.24) is 4.57 Å². The van der Waals surface area contributed by atoms with Crippen LogP contribution in [0.1, 0.15) is 31.8 Å². The van der Waals surface area contributed by atoms with Crippen LogP contribution in [0.25, 0.3) is 49.7 Å². The molecule has 0 aliphatic carbocycles. The summed E-state index contributed by atoms with van der Waals surface area (Å²) in [7, 11) is 0. The first kappa shape index (κ1) is 26.8. The lowest BCUT2D eigenvalue weighted by atomic mass is 9.97. The molecule has 6 heteroatoms. The molecule has 7 aromatic rings. The summed E-state index contributed by atoms with van der Waals surface area (Å²) < 4.78 is 1.80. The first-order valence-corrected chi connectivity index (χ1v) is 14.7. The second-order valence-electron chi connectivity index (χ2n) is 11.1. The van der Waals surface area contributed by atoms with E-state index in [0.717, 1.165) is 33.0 Å². The number of anilines is 1. The van der Waals surface area contributed by atoms with E-state index in [9.17, 15) is 20.1 Å². The molecule has 0 unspecified atom stereocenters. The average Bonchev–Trinajstić information content (AvgIpc) is 3.59. The van der Waals surface area contributed by atoms with Gasteiger partial charge in [-0.25, -0.2) is 4.90 Å². The summed E-state index contributed by atoms with van der Waals surface area (Å²) >= 11 is 0. The molecule has 0 saturated carbocycles. The van der Waals surface area contributed by atoms with Crippen molar-refractivity contribution >= 4 is 39.3 Å². The van der Waals surface area contributed by atoms with Crippen LogP contribution in [0.3, 0.4) is 0 Å². The lowest BCUT2D eigenvalue weighted by Gasteiger charge is -2.20. The maximum atomic E-state index is 14.6. The minimum atomic E-state index is -0.473. The van der Waals surface area contributed by atoms with Gasteiger partial charge in [0.25, 0.3) is 11.8 Å². The summed E-state index contributed by atoms with van der Waals surface area (Å²) in [5.74, 6) is -0.910. The summed E-state index contributed by atoms with van der Waals surface area (Å²) in [5.41, 5.74) is 6.91. The van der Waals surface area contributed by atoms with E-state index in [2.05, 4.69) is 12.1 Å². The average molecular weight is 591 g/mol. The third-order valence-corrected chi connectivity index (χ3v) is 8.61. The predicted octanol–water partition coefficient (Wildman–Crippen LogP) is 8.66. The highest BCUT2D eigenvalue weighted by Crippen LogP contribution is 2.42. The van der Waals surface area contributed by atoms with E-state index in [-0.39, 0.29) is 11.1 Å². The van der Waals surface area contributed by atoms with Gasteiger partial charge in [0, 0.05) is 16.3 Å². The normalized spacial score (nSPS) is 12.3. The van der Waals surface area contributed by atoms with Crippen molar-refractivity contribution in [2.24, 2.45) is 0 Å². The molecule has 0 radical (unpaired) electrons. The number of benzene rings is 6. The molecule has 2 heterocycles. The quantitative estimate of drug-likeness (QED) is 0.192. The van der Waals surface area contributed by atoms with Crippen LogP contribution in [0.4, 0.5) is 5.69 Å². The van der Waals surface area contributed by atoms with Crippen LogP contribution in [0.5, 0.6) is 0 Å². The fourth-order valence-corrected chi connectivity index (χ4v) is 6.60. The van der Waals surface area contributed by atoms with Gasteiger partial charge in [0.15, 0.2) is 0 Å². The van der Waals surface area contributed by atoms with Gasteiger partial charge in [-0.3, -0.25) is 9.59 Å². The van der Waals surface area contributed by atoms with Crippen LogP contribution in [-0.4, -0.2) is 16.4 Å². The van der Waals surface area contributed by atoms with Gasteiger partial charge in [-0.2, -0.15) is 10.5 Å². The van der Waals surface area contributed by atoms with Gasteiger partial charge in [-0.1, -0.05) is 97.1 Å². The molecule has 1 aliphatic heterocycles. The van der Waals surface area contributed by atoms with Gasteiger partial charge < -0.3 is 4.57 Å². The number of para-hydroxylation sites is 2. The van der Waals surface area contributed by atoms with E-state index in [0.29, 0.717) is 33.5 Å². The summed E-state index contributed by atoms with van der Waals surface area (Å²) in [6.45, 7) is 0. The Kier molecular flexibility index (Phi) is 6.10. The van der Waals surface area contributed by atoms with Gasteiger partial charge in [0.1, 0.15) is 12.1 Å². The third kappa shape index (κ3) is 3.88. The summed E-state index contributed by atoms with van der Waals surface area (Å²) in [6, 6.07) is 46.0. The van der Waals surface area contributed by atoms with Gasteiger partial charge in [0.05, 0.1) is 44.7 Å². The van der Waals surface area contributed by atoms with Crippen LogP contribution in [0.15, 0.2) is 133 Å². The summed E-state index contributed by atoms with van der Waals surface area (Å²) in [6.07, 6.45) is 0. The van der Waals surface area contributed by atoms with Crippen molar-refractivity contribution in [2.75, 3.05) is 4.90 Å². The number of carbonyl (C=O) groups is 2. The summed E-state index contributed by atoms with van der Waals surface area (Å²) in [4.78, 5) is 30.1. The second-order valence-corrected chi connectivity index (χ2v) is 11.1. The number of nitrogens with zero attached hydrogens (tertiary/aromatic N) is 4. The van der Waals surface area contributed by atoms with Crippen LogP contribution in [0.2, 0.25) is 0 Å². The molecule has 6 nitrogen and oxygen atoms in total. The maximum Gasteiger partial charge on any atom is 0.268 e. The first-order chi connectivity index (χ1) is 22.6. The van der Waals surface area contributed by atoms with E-state index in [4.69, 9.17) is 0 Å². The van der Waals surface area contributed by atoms with Crippen LogP contribution < -0.4 is 4.90 Å². The Bertz CT molecular complexity index is 2410. The van der Waals surface area contributed by atoms with Crippen LogP contribution in [0, 0.1) is 22.7 Å². The van der Waals surface area contributed by atoms with Crippen molar-refractivity contribution in [2.45, 2.75) is 0 Å². The number of hydrogen-bond donors (Lipinski definition) is 0. The summed E-state index contributed by atoms with van der Waals surface area (Å²) in [5, 5.41) is 21.8. The lowest BCUT2D eigenvalue weighted by Crippen LogP contribution is -2.30. The van der Waals surface area contributed by atoms with Crippen molar-refractivity contribution in [1.29, 1.82) is 10.5 Å². The molecule has 46 heavy (non-hydrogen) atoms. The number of nitriles is 2. The van der Waals surface area contributed by atoms with E-state index in [1.54, 1.807) is 47.0 Å².